The van der Waals surface area contributed by atoms with Crippen molar-refractivity contribution in [2.24, 2.45) is 0 Å². The molecule has 0 spiro atoms. The number of rotatable bonds is 10. The van der Waals surface area contributed by atoms with Gasteiger partial charge in [-0.05, 0) is 165 Å². The van der Waals surface area contributed by atoms with Crippen LogP contribution in [0.15, 0.2) is 194 Å². The first-order valence-electron chi connectivity index (χ1n) is 18.3. The maximum atomic E-state index is 6.23. The zero-order chi connectivity index (χ0) is 37.8. The molecule has 0 aliphatic carbocycles. The Morgan fingerprint density at radius 2 is 0.429 bits per heavy atom. The van der Waals surface area contributed by atoms with Crippen LogP contribution in [0, 0.1) is 0 Å². The minimum atomic E-state index is 0.695. The summed E-state index contributed by atoms with van der Waals surface area (Å²) in [6.07, 6.45) is 0. The Labute approximate surface area is 324 Å². The summed E-state index contributed by atoms with van der Waals surface area (Å²) in [4.78, 5) is 0. The number of nitrogen functional groups attached to an aromatic ring is 2. The van der Waals surface area contributed by atoms with Gasteiger partial charge in [-0.3, -0.25) is 0 Å². The molecule has 270 valence electrons. The topological polar surface area (TPSA) is 89.0 Å². The molecule has 9 aromatic carbocycles. The zero-order valence-electron chi connectivity index (χ0n) is 30.3. The molecule has 0 bridgehead atoms. The molecule has 0 radical (unpaired) electrons. The van der Waals surface area contributed by atoms with E-state index in [-0.39, 0.29) is 0 Å². The fourth-order valence-corrected chi connectivity index (χ4v) is 6.90. The lowest BCUT2D eigenvalue weighted by Gasteiger charge is -2.18. The van der Waals surface area contributed by atoms with Crippen molar-refractivity contribution in [3.63, 3.8) is 0 Å². The van der Waals surface area contributed by atoms with Gasteiger partial charge in [-0.25, -0.2) is 0 Å². The maximum Gasteiger partial charge on any atom is 0.127 e. The molecular weight excluding hydrogens is 693 g/mol. The Hall–Kier alpha value is -7.70. The van der Waals surface area contributed by atoms with Crippen LogP contribution in [0.3, 0.4) is 0 Å². The van der Waals surface area contributed by atoms with Crippen LogP contribution in [0.4, 0.5) is 11.4 Å². The average molecular weight is 729 g/mol. The van der Waals surface area contributed by atoms with Gasteiger partial charge in [0.05, 0.1) is 0 Å². The van der Waals surface area contributed by atoms with E-state index in [0.717, 1.165) is 45.6 Å². The summed E-state index contributed by atoms with van der Waals surface area (Å²) in [5, 5.41) is 4.70. The molecular formula is C50H36N2O4. The third kappa shape index (κ3) is 7.27. The fourth-order valence-electron chi connectivity index (χ4n) is 6.90. The van der Waals surface area contributed by atoms with Gasteiger partial charge >= 0.3 is 0 Å². The van der Waals surface area contributed by atoms with Crippen molar-refractivity contribution in [2.45, 2.75) is 0 Å². The van der Waals surface area contributed by atoms with Gasteiger partial charge in [-0.1, -0.05) is 72.8 Å². The standard InChI is InChI=1S/C50H36N2O4/c51-35-13-21-39(22-14-35)55-43-29-25-41(26-30-43)53-37-17-9-33(10-18-37)49-45-5-1-2-6-46(45)50(48-8-4-3-7-47(48)49)34-11-19-38(20-12-34)54-42-27-31-44(32-28-42)56-40-23-15-36(52)16-24-40/h1-32H,51-52H2. The van der Waals surface area contributed by atoms with E-state index in [1.54, 1.807) is 0 Å². The molecule has 56 heavy (non-hydrogen) atoms. The van der Waals surface area contributed by atoms with E-state index in [1.165, 1.54) is 32.7 Å². The first-order chi connectivity index (χ1) is 27.5. The van der Waals surface area contributed by atoms with Gasteiger partial charge in [0.2, 0.25) is 0 Å². The third-order valence-electron chi connectivity index (χ3n) is 9.57. The molecule has 9 rings (SSSR count). The third-order valence-corrected chi connectivity index (χ3v) is 9.57. The van der Waals surface area contributed by atoms with Gasteiger partial charge < -0.3 is 30.4 Å². The van der Waals surface area contributed by atoms with Gasteiger partial charge in [0, 0.05) is 11.4 Å². The second kappa shape index (κ2) is 15.0. The molecule has 9 aromatic rings. The molecule has 6 heteroatoms. The van der Waals surface area contributed by atoms with Crippen molar-refractivity contribution in [2.75, 3.05) is 11.5 Å². The first-order valence-corrected chi connectivity index (χ1v) is 18.3. The van der Waals surface area contributed by atoms with E-state index >= 15 is 0 Å². The largest absolute Gasteiger partial charge is 0.457 e. The van der Waals surface area contributed by atoms with E-state index in [0.29, 0.717) is 22.9 Å². The summed E-state index contributed by atoms with van der Waals surface area (Å²) < 4.78 is 24.3. The number of benzene rings is 9. The molecule has 0 amide bonds. The van der Waals surface area contributed by atoms with Crippen LogP contribution in [0.5, 0.6) is 46.0 Å². The lowest BCUT2D eigenvalue weighted by atomic mass is 9.86. The van der Waals surface area contributed by atoms with Crippen molar-refractivity contribution in [1.29, 1.82) is 0 Å². The molecule has 4 N–H and O–H groups in total. The quantitative estimate of drug-likeness (QED) is 0.108. The zero-order valence-corrected chi connectivity index (χ0v) is 30.3. The predicted molar refractivity (Wildman–Crippen MR) is 227 cm³/mol. The van der Waals surface area contributed by atoms with Crippen LogP contribution >= 0.6 is 0 Å². The molecule has 0 aliphatic rings. The van der Waals surface area contributed by atoms with Gasteiger partial charge in [0.25, 0.3) is 0 Å². The number of hydrogen-bond donors (Lipinski definition) is 2. The lowest BCUT2D eigenvalue weighted by Crippen LogP contribution is -1.91. The average Bonchev–Trinajstić information content (AvgIpc) is 3.24. The number of anilines is 2. The van der Waals surface area contributed by atoms with Crippen molar-refractivity contribution < 1.29 is 18.9 Å². The molecule has 0 atom stereocenters. The van der Waals surface area contributed by atoms with Crippen LogP contribution < -0.4 is 30.4 Å². The summed E-state index contributed by atoms with van der Waals surface area (Å²) in [7, 11) is 0. The second-order valence-electron chi connectivity index (χ2n) is 13.4. The summed E-state index contributed by atoms with van der Waals surface area (Å²) >= 11 is 0. The molecule has 6 nitrogen and oxygen atoms in total. The van der Waals surface area contributed by atoms with Gasteiger partial charge in [-0.15, -0.1) is 0 Å². The molecule has 0 fully saturated rings. The van der Waals surface area contributed by atoms with Crippen LogP contribution in [-0.4, -0.2) is 0 Å². The van der Waals surface area contributed by atoms with E-state index in [2.05, 4.69) is 72.8 Å². The molecule has 0 saturated heterocycles. The van der Waals surface area contributed by atoms with Crippen LogP contribution in [-0.2, 0) is 0 Å². The number of fused-ring (bicyclic) bond motifs is 2. The van der Waals surface area contributed by atoms with E-state index in [1.807, 2.05) is 121 Å². The fraction of sp³-hybridized carbons (Fsp3) is 0. The number of nitrogens with two attached hydrogens (primary N) is 2. The molecule has 0 aromatic heterocycles. The van der Waals surface area contributed by atoms with E-state index in [4.69, 9.17) is 30.4 Å². The summed E-state index contributed by atoms with van der Waals surface area (Å²) in [5.74, 6) is 5.81. The summed E-state index contributed by atoms with van der Waals surface area (Å²) in [6.45, 7) is 0. The molecule has 0 saturated carbocycles. The highest BCUT2D eigenvalue weighted by Crippen LogP contribution is 2.44. The minimum absolute atomic E-state index is 0.695. The van der Waals surface area contributed by atoms with Gasteiger partial charge in [-0.2, -0.15) is 0 Å². The second-order valence-corrected chi connectivity index (χ2v) is 13.4. The van der Waals surface area contributed by atoms with E-state index in [9.17, 15) is 0 Å². The smallest absolute Gasteiger partial charge is 0.127 e. The Balaban J connectivity index is 0.955. The van der Waals surface area contributed by atoms with Gasteiger partial charge in [0.1, 0.15) is 46.0 Å². The highest BCUT2D eigenvalue weighted by atomic mass is 16.5. The summed E-state index contributed by atoms with van der Waals surface area (Å²) in [5.41, 5.74) is 17.6. The highest BCUT2D eigenvalue weighted by molar-refractivity contribution is 6.21. The lowest BCUT2D eigenvalue weighted by molar-refractivity contribution is 0.469. The van der Waals surface area contributed by atoms with Crippen LogP contribution in [0.25, 0.3) is 43.8 Å². The Morgan fingerprint density at radius 1 is 0.232 bits per heavy atom. The van der Waals surface area contributed by atoms with E-state index < -0.39 is 0 Å². The Bertz CT molecular complexity index is 2510. The number of ether oxygens (including phenoxy) is 4. The van der Waals surface area contributed by atoms with Crippen molar-refractivity contribution in [3.8, 4) is 68.2 Å². The molecule has 0 unspecified atom stereocenters. The SMILES string of the molecule is Nc1ccc(Oc2ccc(Oc3ccc(-c4c5ccccc5c(-c5ccc(Oc6ccc(Oc7ccc(N)cc7)cc6)cc5)c5ccccc45)cc3)cc2)cc1. The monoisotopic (exact) mass is 728 g/mol. The van der Waals surface area contributed by atoms with Crippen molar-refractivity contribution in [1.82, 2.24) is 0 Å². The highest BCUT2D eigenvalue weighted by Gasteiger charge is 2.17. The van der Waals surface area contributed by atoms with Crippen LogP contribution in [0.2, 0.25) is 0 Å². The Morgan fingerprint density at radius 3 is 0.661 bits per heavy atom. The normalized spacial score (nSPS) is 11.0. The number of hydrogen-bond acceptors (Lipinski definition) is 6. The van der Waals surface area contributed by atoms with Crippen molar-refractivity contribution in [3.05, 3.63) is 194 Å². The minimum Gasteiger partial charge on any atom is -0.457 e. The van der Waals surface area contributed by atoms with Crippen LogP contribution in [0.1, 0.15) is 0 Å². The Kier molecular flexibility index (Phi) is 9.11. The maximum absolute atomic E-state index is 6.23. The van der Waals surface area contributed by atoms with Crippen molar-refractivity contribution >= 4 is 32.9 Å². The first kappa shape index (κ1) is 34.1. The summed E-state index contributed by atoms with van der Waals surface area (Å²) in [6, 6.07) is 63.6. The van der Waals surface area contributed by atoms with Gasteiger partial charge in [0.15, 0.2) is 0 Å². The molecule has 0 heterocycles. The predicted octanol–water partition coefficient (Wildman–Crippen LogP) is 13.7. The molecule has 0 aliphatic heterocycles.